The first-order valence-corrected chi connectivity index (χ1v) is 8.89. The summed E-state index contributed by atoms with van der Waals surface area (Å²) in [5.74, 6) is -0.795. The first-order valence-electron chi connectivity index (χ1n) is 7.13. The van der Waals surface area contributed by atoms with Crippen molar-refractivity contribution in [2.24, 2.45) is 0 Å². The Kier molecular flexibility index (Phi) is 4.28. The Hall–Kier alpha value is -2.42. The van der Waals surface area contributed by atoms with Crippen LogP contribution in [0.5, 0.6) is 0 Å². The molecule has 0 radical (unpaired) electrons. The van der Waals surface area contributed by atoms with Gasteiger partial charge in [-0.05, 0) is 28.5 Å². The van der Waals surface area contributed by atoms with Crippen LogP contribution >= 0.6 is 7.60 Å². The molecule has 1 atom stereocenters. The molecule has 116 valence electrons. The maximum atomic E-state index is 12.3. The third kappa shape index (κ3) is 3.67. The lowest BCUT2D eigenvalue weighted by molar-refractivity contribution is 0.0716. The Morgan fingerprint density at radius 1 is 0.913 bits per heavy atom. The van der Waals surface area contributed by atoms with Crippen LogP contribution in [0.2, 0.25) is 0 Å². The number of benzene rings is 3. The van der Waals surface area contributed by atoms with Gasteiger partial charge in [0.25, 0.3) is 0 Å². The van der Waals surface area contributed by atoms with Crippen LogP contribution in [0, 0.1) is 0 Å². The fraction of sp³-hybridized carbons (Fsp3) is 0.0556. The smallest absolute Gasteiger partial charge is 0.383 e. The summed E-state index contributed by atoms with van der Waals surface area (Å²) in [5.41, 5.74) is 0.925. The molecule has 0 bridgehead atoms. The number of hydrogen-bond donors (Lipinski definition) is 1. The molecule has 0 saturated carbocycles. The summed E-state index contributed by atoms with van der Waals surface area (Å²) in [6.45, 7) is 0. The molecule has 0 amide bonds. The van der Waals surface area contributed by atoms with Crippen molar-refractivity contribution >= 4 is 24.3 Å². The van der Waals surface area contributed by atoms with Gasteiger partial charge in [-0.1, -0.05) is 60.7 Å². The Labute approximate surface area is 133 Å². The van der Waals surface area contributed by atoms with Crippen molar-refractivity contribution in [1.82, 2.24) is 0 Å². The second-order valence-corrected chi connectivity index (χ2v) is 6.95. The molecule has 23 heavy (non-hydrogen) atoms. The van der Waals surface area contributed by atoms with E-state index in [4.69, 9.17) is 4.52 Å². The SMILES string of the molecule is O=C(OP(=O)(O)Cc1cccc2ccccc12)c1ccccc1. The fourth-order valence-corrected chi connectivity index (χ4v) is 3.57. The zero-order valence-corrected chi connectivity index (χ0v) is 13.1. The third-order valence-corrected chi connectivity index (χ3v) is 4.68. The number of carbonyl (C=O) groups is 1. The predicted molar refractivity (Wildman–Crippen MR) is 89.3 cm³/mol. The lowest BCUT2D eigenvalue weighted by Gasteiger charge is -2.13. The Bertz CT molecular complexity index is 884. The zero-order chi connectivity index (χ0) is 16.3. The summed E-state index contributed by atoms with van der Waals surface area (Å²) < 4.78 is 17.2. The largest absolute Gasteiger partial charge is 0.388 e. The number of carbonyl (C=O) groups excluding carboxylic acids is 1. The standard InChI is InChI=1S/C18H15O4P/c19-18(15-8-2-1-3-9-15)22-23(20,21)13-16-11-6-10-14-7-4-5-12-17(14)16/h1-12H,13H2,(H,20,21). The van der Waals surface area contributed by atoms with Gasteiger partial charge in [-0.2, -0.15) is 0 Å². The average molecular weight is 326 g/mol. The Morgan fingerprint density at radius 3 is 2.35 bits per heavy atom. The van der Waals surface area contributed by atoms with Gasteiger partial charge in [0.2, 0.25) is 0 Å². The van der Waals surface area contributed by atoms with Crippen molar-refractivity contribution in [3.63, 3.8) is 0 Å². The topological polar surface area (TPSA) is 63.6 Å². The number of fused-ring (bicyclic) bond motifs is 1. The minimum Gasteiger partial charge on any atom is -0.388 e. The van der Waals surface area contributed by atoms with E-state index < -0.39 is 13.6 Å². The summed E-state index contributed by atoms with van der Waals surface area (Å²) in [7, 11) is -4.09. The molecular weight excluding hydrogens is 311 g/mol. The van der Waals surface area contributed by atoms with E-state index in [1.165, 1.54) is 0 Å². The molecule has 3 aromatic carbocycles. The van der Waals surface area contributed by atoms with Crippen molar-refractivity contribution in [2.75, 3.05) is 0 Å². The molecule has 3 rings (SSSR count). The van der Waals surface area contributed by atoms with Gasteiger partial charge in [0.15, 0.2) is 0 Å². The normalized spacial score (nSPS) is 13.4. The van der Waals surface area contributed by atoms with Gasteiger partial charge < -0.3 is 9.42 Å². The fourth-order valence-electron chi connectivity index (χ4n) is 2.43. The molecule has 1 N–H and O–H groups in total. The van der Waals surface area contributed by atoms with E-state index >= 15 is 0 Å². The minimum atomic E-state index is -4.09. The van der Waals surface area contributed by atoms with Crippen LogP contribution in [0.1, 0.15) is 15.9 Å². The zero-order valence-electron chi connectivity index (χ0n) is 12.3. The van der Waals surface area contributed by atoms with Crippen LogP contribution in [0.15, 0.2) is 72.8 Å². The molecule has 4 nitrogen and oxygen atoms in total. The van der Waals surface area contributed by atoms with E-state index in [0.29, 0.717) is 5.56 Å². The maximum absolute atomic E-state index is 12.3. The van der Waals surface area contributed by atoms with Crippen molar-refractivity contribution < 1.29 is 18.8 Å². The summed E-state index contributed by atoms with van der Waals surface area (Å²) in [6, 6.07) is 21.3. The van der Waals surface area contributed by atoms with E-state index in [2.05, 4.69) is 0 Å². The van der Waals surface area contributed by atoms with Crippen LogP contribution < -0.4 is 0 Å². The monoisotopic (exact) mass is 326 g/mol. The highest BCUT2D eigenvalue weighted by Gasteiger charge is 2.26. The molecule has 0 saturated heterocycles. The molecule has 0 heterocycles. The molecule has 0 aliphatic rings. The van der Waals surface area contributed by atoms with Gasteiger partial charge in [0.05, 0.1) is 11.7 Å². The first-order chi connectivity index (χ1) is 11.1. The van der Waals surface area contributed by atoms with E-state index in [1.807, 2.05) is 36.4 Å². The summed E-state index contributed by atoms with van der Waals surface area (Å²) >= 11 is 0. The minimum absolute atomic E-state index is 0.215. The van der Waals surface area contributed by atoms with Gasteiger partial charge >= 0.3 is 13.6 Å². The van der Waals surface area contributed by atoms with Crippen molar-refractivity contribution in [2.45, 2.75) is 6.16 Å². The van der Waals surface area contributed by atoms with E-state index in [-0.39, 0.29) is 11.7 Å². The molecule has 3 aromatic rings. The van der Waals surface area contributed by atoms with Gasteiger partial charge in [-0.3, -0.25) is 0 Å². The van der Waals surface area contributed by atoms with Crippen LogP contribution in [0.25, 0.3) is 10.8 Å². The Morgan fingerprint density at radius 2 is 1.57 bits per heavy atom. The first kappa shape index (κ1) is 15.5. The highest BCUT2D eigenvalue weighted by Crippen LogP contribution is 2.47. The number of rotatable bonds is 4. The molecule has 0 aliphatic carbocycles. The molecule has 0 spiro atoms. The van der Waals surface area contributed by atoms with E-state index in [1.54, 1.807) is 36.4 Å². The van der Waals surface area contributed by atoms with Crippen LogP contribution in [0.3, 0.4) is 0 Å². The lowest BCUT2D eigenvalue weighted by atomic mass is 10.1. The molecule has 0 aliphatic heterocycles. The van der Waals surface area contributed by atoms with Crippen molar-refractivity contribution in [1.29, 1.82) is 0 Å². The van der Waals surface area contributed by atoms with Crippen LogP contribution in [-0.4, -0.2) is 10.9 Å². The van der Waals surface area contributed by atoms with Crippen LogP contribution in [0.4, 0.5) is 0 Å². The van der Waals surface area contributed by atoms with Gasteiger partial charge in [0, 0.05) is 0 Å². The van der Waals surface area contributed by atoms with Crippen molar-refractivity contribution in [3.05, 3.63) is 83.9 Å². The van der Waals surface area contributed by atoms with Gasteiger partial charge in [0.1, 0.15) is 0 Å². The molecule has 0 aromatic heterocycles. The summed E-state index contributed by atoms with van der Waals surface area (Å²) in [4.78, 5) is 22.0. The average Bonchev–Trinajstić information content (AvgIpc) is 2.55. The van der Waals surface area contributed by atoms with Gasteiger partial charge in [-0.25, -0.2) is 9.36 Å². The van der Waals surface area contributed by atoms with Crippen LogP contribution in [-0.2, 0) is 15.3 Å². The quantitative estimate of drug-likeness (QED) is 0.723. The summed E-state index contributed by atoms with van der Waals surface area (Å²) in [6.07, 6.45) is -0.215. The highest BCUT2D eigenvalue weighted by molar-refractivity contribution is 7.52. The summed E-state index contributed by atoms with van der Waals surface area (Å²) in [5, 5.41) is 1.85. The third-order valence-electron chi connectivity index (χ3n) is 3.49. The second-order valence-electron chi connectivity index (χ2n) is 5.18. The van der Waals surface area contributed by atoms with E-state index in [0.717, 1.165) is 10.8 Å². The van der Waals surface area contributed by atoms with Crippen molar-refractivity contribution in [3.8, 4) is 0 Å². The second kappa shape index (κ2) is 6.37. The molecular formula is C18H15O4P. The predicted octanol–water partition coefficient (Wildman–Crippen LogP) is 4.38. The van der Waals surface area contributed by atoms with E-state index in [9.17, 15) is 14.3 Å². The Balaban J connectivity index is 1.83. The van der Waals surface area contributed by atoms with Gasteiger partial charge in [-0.15, -0.1) is 0 Å². The maximum Gasteiger partial charge on any atom is 0.383 e. The molecule has 5 heteroatoms. The highest BCUT2D eigenvalue weighted by atomic mass is 31.2. The molecule has 1 unspecified atom stereocenters. The lowest BCUT2D eigenvalue weighted by Crippen LogP contribution is -2.04. The molecule has 0 fully saturated rings. The number of hydrogen-bond acceptors (Lipinski definition) is 3.